The quantitative estimate of drug-likeness (QED) is 0.0695. The van der Waals surface area contributed by atoms with Gasteiger partial charge in [-0.25, -0.2) is 28.7 Å². The Kier molecular flexibility index (Phi) is 13.0. The lowest BCUT2D eigenvalue weighted by Gasteiger charge is -2.11. The summed E-state index contributed by atoms with van der Waals surface area (Å²) >= 11 is 0. The molecule has 6 aromatic rings. The van der Waals surface area contributed by atoms with Crippen molar-refractivity contribution in [3.8, 4) is 45.5 Å². The van der Waals surface area contributed by atoms with Crippen molar-refractivity contribution in [1.82, 2.24) is 19.9 Å². The van der Waals surface area contributed by atoms with Crippen molar-refractivity contribution < 1.29 is 32.7 Å². The highest BCUT2D eigenvalue weighted by Crippen LogP contribution is 2.33. The van der Waals surface area contributed by atoms with Crippen LogP contribution in [0.5, 0.6) is 23.0 Å². The fraction of sp³-hybridized carbons (Fsp3) is 0.200. The van der Waals surface area contributed by atoms with Gasteiger partial charge in [0.25, 0.3) is 0 Å². The van der Waals surface area contributed by atoms with Crippen molar-refractivity contribution in [3.05, 3.63) is 142 Å². The third kappa shape index (κ3) is 9.79. The summed E-state index contributed by atoms with van der Waals surface area (Å²) in [5.74, 6) is 0.958. The molecule has 4 aromatic carbocycles. The zero-order valence-corrected chi connectivity index (χ0v) is 30.1. The summed E-state index contributed by atoms with van der Waals surface area (Å²) < 4.78 is 48.3. The van der Waals surface area contributed by atoms with E-state index in [4.69, 9.17) is 24.7 Å². The number of hydrogen-bond donors (Lipinski definition) is 1. The average Bonchev–Trinajstić information content (AvgIpc) is 3.16. The summed E-state index contributed by atoms with van der Waals surface area (Å²) in [6.07, 6.45) is 3.86. The lowest BCUT2D eigenvalue weighted by atomic mass is 10.1. The minimum atomic E-state index is -0.485. The largest absolute Gasteiger partial charge is 0.495 e. The molecule has 278 valence electrons. The zero-order chi connectivity index (χ0) is 38.6. The molecule has 0 radical (unpaired) electrons. The Labute approximate surface area is 310 Å². The molecule has 0 fully saturated rings. The van der Waals surface area contributed by atoms with E-state index in [1.807, 2.05) is 38.1 Å². The Morgan fingerprint density at radius 2 is 1.11 bits per heavy atom. The molecule has 0 aliphatic rings. The SMILES string of the molecule is CCOc1cc(F)ccc1-c1cc(Cc2ccc(OC)c(N)c2)ncn1.CCOc1cc(F)ccc1-c1cc(Cc2ccc(OC)c([N+](=O)[O-])c2)ncn1. The van der Waals surface area contributed by atoms with Crippen molar-refractivity contribution in [2.45, 2.75) is 26.7 Å². The van der Waals surface area contributed by atoms with E-state index in [2.05, 4.69) is 19.9 Å². The maximum Gasteiger partial charge on any atom is 0.311 e. The fourth-order valence-electron chi connectivity index (χ4n) is 5.55. The minimum Gasteiger partial charge on any atom is -0.495 e. The van der Waals surface area contributed by atoms with E-state index in [1.165, 1.54) is 50.1 Å². The molecule has 54 heavy (non-hydrogen) atoms. The number of nitro groups is 1. The highest BCUT2D eigenvalue weighted by atomic mass is 19.1. The van der Waals surface area contributed by atoms with Crippen LogP contribution in [0.15, 0.2) is 97.6 Å². The number of nitrogens with zero attached hydrogens (tertiary/aromatic N) is 5. The maximum atomic E-state index is 13.5. The van der Waals surface area contributed by atoms with E-state index in [-0.39, 0.29) is 17.3 Å². The number of halogens is 2. The van der Waals surface area contributed by atoms with Gasteiger partial charge in [0, 0.05) is 53.6 Å². The highest BCUT2D eigenvalue weighted by Gasteiger charge is 2.17. The molecule has 2 heterocycles. The van der Waals surface area contributed by atoms with Crippen molar-refractivity contribution in [2.75, 3.05) is 33.2 Å². The van der Waals surface area contributed by atoms with E-state index in [1.54, 1.807) is 37.4 Å². The molecule has 2 aromatic heterocycles. The van der Waals surface area contributed by atoms with E-state index in [0.29, 0.717) is 77.2 Å². The molecule has 14 heteroatoms. The van der Waals surface area contributed by atoms with E-state index < -0.39 is 10.7 Å². The number of nitrogen functional groups attached to an aromatic ring is 1. The third-order valence-electron chi connectivity index (χ3n) is 7.99. The predicted molar refractivity (Wildman–Crippen MR) is 200 cm³/mol. The Hall–Kier alpha value is -6.70. The fourth-order valence-corrected chi connectivity index (χ4v) is 5.55. The first-order valence-electron chi connectivity index (χ1n) is 16.8. The first kappa shape index (κ1) is 38.5. The van der Waals surface area contributed by atoms with Crippen molar-refractivity contribution >= 4 is 11.4 Å². The van der Waals surface area contributed by atoms with Crippen LogP contribution in [0.3, 0.4) is 0 Å². The van der Waals surface area contributed by atoms with Gasteiger partial charge in [-0.1, -0.05) is 12.1 Å². The van der Waals surface area contributed by atoms with Gasteiger partial charge >= 0.3 is 5.69 Å². The number of benzene rings is 4. The van der Waals surface area contributed by atoms with Gasteiger partial charge in [0.2, 0.25) is 0 Å². The standard InChI is InChI=1S/C20H18FN3O4.C20H20FN3O2/c1-3-28-20-10-14(21)5-6-16(20)17-11-15(22-12-23-17)8-13-4-7-19(27-2)18(9-13)24(25)26;1-3-26-20-10-14(21)5-6-16(20)18-11-15(23-12-24-18)8-13-4-7-19(25-2)17(22)9-13/h4-7,9-12H,3,8H2,1-2H3;4-7,9-12H,3,8,22H2,1-2H3. The highest BCUT2D eigenvalue weighted by molar-refractivity contribution is 5.68. The predicted octanol–water partition coefficient (Wildman–Crippen LogP) is 8.05. The molecule has 0 amide bonds. The Balaban J connectivity index is 0.000000208. The summed E-state index contributed by atoms with van der Waals surface area (Å²) in [6, 6.07) is 22.7. The molecular formula is C40H38F2N6O6. The lowest BCUT2D eigenvalue weighted by molar-refractivity contribution is -0.385. The van der Waals surface area contributed by atoms with Gasteiger partial charge < -0.3 is 24.7 Å². The van der Waals surface area contributed by atoms with Crippen LogP contribution in [0.1, 0.15) is 36.4 Å². The average molecular weight is 737 g/mol. The van der Waals surface area contributed by atoms with Gasteiger partial charge in [-0.05, 0) is 79.6 Å². The maximum absolute atomic E-state index is 13.5. The number of nitro benzene ring substituents is 1. The smallest absolute Gasteiger partial charge is 0.311 e. The molecule has 0 saturated carbocycles. The number of hydrogen-bond acceptors (Lipinski definition) is 11. The molecule has 0 bridgehead atoms. The number of anilines is 1. The molecule has 0 unspecified atom stereocenters. The second kappa shape index (κ2) is 18.2. The molecular weight excluding hydrogens is 698 g/mol. The third-order valence-corrected chi connectivity index (χ3v) is 7.99. The molecule has 0 spiro atoms. The molecule has 0 saturated heterocycles. The van der Waals surface area contributed by atoms with E-state index in [9.17, 15) is 18.9 Å². The summed E-state index contributed by atoms with van der Waals surface area (Å²) in [4.78, 5) is 27.9. The number of aromatic nitrogens is 4. The van der Waals surface area contributed by atoms with Gasteiger partial charge in [0.05, 0.1) is 49.4 Å². The Bertz CT molecular complexity index is 2240. The van der Waals surface area contributed by atoms with Crippen LogP contribution in [-0.4, -0.2) is 52.3 Å². The van der Waals surface area contributed by atoms with Crippen LogP contribution in [-0.2, 0) is 12.8 Å². The summed E-state index contributed by atoms with van der Waals surface area (Å²) in [7, 11) is 2.97. The van der Waals surface area contributed by atoms with Crippen LogP contribution in [0.25, 0.3) is 22.5 Å². The molecule has 2 N–H and O–H groups in total. The number of ether oxygens (including phenoxy) is 4. The number of rotatable bonds is 13. The topological polar surface area (TPSA) is 158 Å². The summed E-state index contributed by atoms with van der Waals surface area (Å²) in [5, 5.41) is 11.2. The monoisotopic (exact) mass is 736 g/mol. The second-order valence-corrected chi connectivity index (χ2v) is 11.6. The molecule has 0 aliphatic heterocycles. The van der Waals surface area contributed by atoms with Crippen molar-refractivity contribution in [3.63, 3.8) is 0 Å². The Morgan fingerprint density at radius 3 is 1.56 bits per heavy atom. The lowest BCUT2D eigenvalue weighted by Crippen LogP contribution is -2.00. The Morgan fingerprint density at radius 1 is 0.630 bits per heavy atom. The van der Waals surface area contributed by atoms with Crippen molar-refractivity contribution in [1.29, 1.82) is 0 Å². The van der Waals surface area contributed by atoms with Crippen molar-refractivity contribution in [2.24, 2.45) is 0 Å². The van der Waals surface area contributed by atoms with Gasteiger partial charge in [-0.3, -0.25) is 10.1 Å². The molecule has 12 nitrogen and oxygen atoms in total. The number of nitrogens with two attached hydrogens (primary N) is 1. The summed E-state index contributed by atoms with van der Waals surface area (Å²) in [6.45, 7) is 4.51. The minimum absolute atomic E-state index is 0.105. The van der Waals surface area contributed by atoms with E-state index >= 15 is 0 Å². The second-order valence-electron chi connectivity index (χ2n) is 11.6. The van der Waals surface area contributed by atoms with Gasteiger partial charge in [0.1, 0.15) is 41.5 Å². The normalized spacial score (nSPS) is 10.6. The molecule has 0 atom stereocenters. The van der Waals surface area contributed by atoms with Crippen LogP contribution in [0.2, 0.25) is 0 Å². The first-order chi connectivity index (χ1) is 26.1. The number of methoxy groups -OCH3 is 2. The van der Waals surface area contributed by atoms with Gasteiger partial charge in [-0.2, -0.15) is 0 Å². The van der Waals surface area contributed by atoms with E-state index in [0.717, 1.165) is 16.8 Å². The van der Waals surface area contributed by atoms with Gasteiger partial charge in [-0.15, -0.1) is 0 Å². The van der Waals surface area contributed by atoms with Crippen LogP contribution in [0.4, 0.5) is 20.2 Å². The van der Waals surface area contributed by atoms with Crippen LogP contribution in [0, 0.1) is 21.7 Å². The summed E-state index contributed by atoms with van der Waals surface area (Å²) in [5.41, 5.74) is 12.3. The zero-order valence-electron chi connectivity index (χ0n) is 30.1. The van der Waals surface area contributed by atoms with Crippen LogP contribution >= 0.6 is 0 Å². The first-order valence-corrected chi connectivity index (χ1v) is 16.8. The van der Waals surface area contributed by atoms with Crippen LogP contribution < -0.4 is 24.7 Å². The molecule has 6 rings (SSSR count). The van der Waals surface area contributed by atoms with Gasteiger partial charge in [0.15, 0.2) is 5.75 Å². The molecule has 0 aliphatic carbocycles.